The number of hydrogen-bond donors (Lipinski definition) is 2. The highest BCUT2D eigenvalue weighted by Crippen LogP contribution is 2.16. The van der Waals surface area contributed by atoms with Gasteiger partial charge in [-0.1, -0.05) is 0 Å². The van der Waals surface area contributed by atoms with Gasteiger partial charge in [-0.3, -0.25) is 4.90 Å². The Labute approximate surface area is 103 Å². The van der Waals surface area contributed by atoms with Crippen LogP contribution in [0.3, 0.4) is 0 Å². The molecule has 1 atom stereocenters. The number of piperidine rings is 1. The van der Waals surface area contributed by atoms with Gasteiger partial charge in [0.25, 0.3) is 0 Å². The normalized spacial score (nSPS) is 28.3. The molecule has 17 heavy (non-hydrogen) atoms. The Bertz CT molecular complexity index is 266. The van der Waals surface area contributed by atoms with Crippen LogP contribution in [0.1, 0.15) is 19.8 Å². The van der Waals surface area contributed by atoms with Gasteiger partial charge in [0.05, 0.1) is 0 Å². The van der Waals surface area contributed by atoms with E-state index >= 15 is 0 Å². The third-order valence-electron chi connectivity index (χ3n) is 3.93. The van der Waals surface area contributed by atoms with Crippen LogP contribution in [-0.4, -0.2) is 66.3 Å². The molecule has 0 aromatic rings. The van der Waals surface area contributed by atoms with E-state index in [1.165, 1.54) is 12.8 Å². The van der Waals surface area contributed by atoms with E-state index in [0.717, 1.165) is 38.6 Å². The largest absolute Gasteiger partial charge is 0.465 e. The summed E-state index contributed by atoms with van der Waals surface area (Å²) in [5.74, 6) is 0.792. The van der Waals surface area contributed by atoms with Gasteiger partial charge in [-0.15, -0.1) is 0 Å². The quantitative estimate of drug-likeness (QED) is 0.746. The highest BCUT2D eigenvalue weighted by molar-refractivity contribution is 5.65. The van der Waals surface area contributed by atoms with E-state index in [2.05, 4.69) is 10.2 Å². The van der Waals surface area contributed by atoms with E-state index in [4.69, 9.17) is 5.11 Å². The van der Waals surface area contributed by atoms with Crippen molar-refractivity contribution in [1.29, 1.82) is 0 Å². The molecule has 2 heterocycles. The molecule has 2 rings (SSSR count). The van der Waals surface area contributed by atoms with Gasteiger partial charge in [0, 0.05) is 32.2 Å². The van der Waals surface area contributed by atoms with Crippen LogP contribution in [0.4, 0.5) is 4.79 Å². The summed E-state index contributed by atoms with van der Waals surface area (Å²) in [5.41, 5.74) is 0. The van der Waals surface area contributed by atoms with Crippen LogP contribution in [0.25, 0.3) is 0 Å². The summed E-state index contributed by atoms with van der Waals surface area (Å²) in [5, 5.41) is 12.4. The summed E-state index contributed by atoms with van der Waals surface area (Å²) < 4.78 is 0. The molecule has 2 aliphatic heterocycles. The maximum Gasteiger partial charge on any atom is 0.407 e. The van der Waals surface area contributed by atoms with Crippen molar-refractivity contribution in [2.45, 2.75) is 25.8 Å². The first-order valence-electron chi connectivity index (χ1n) is 6.59. The Morgan fingerprint density at radius 3 is 2.65 bits per heavy atom. The second-order valence-electron chi connectivity index (χ2n) is 5.28. The van der Waals surface area contributed by atoms with Crippen molar-refractivity contribution in [3.8, 4) is 0 Å². The molecule has 2 fully saturated rings. The molecule has 0 aliphatic carbocycles. The highest BCUT2D eigenvalue weighted by atomic mass is 16.4. The van der Waals surface area contributed by atoms with Crippen LogP contribution in [-0.2, 0) is 0 Å². The monoisotopic (exact) mass is 241 g/mol. The molecule has 1 amide bonds. The van der Waals surface area contributed by atoms with E-state index in [1.807, 2.05) is 6.92 Å². The van der Waals surface area contributed by atoms with Crippen molar-refractivity contribution in [1.82, 2.24) is 15.1 Å². The first-order valence-corrected chi connectivity index (χ1v) is 6.59. The van der Waals surface area contributed by atoms with Crippen LogP contribution < -0.4 is 5.32 Å². The molecular weight excluding hydrogens is 218 g/mol. The van der Waals surface area contributed by atoms with Crippen LogP contribution in [0.2, 0.25) is 0 Å². The molecule has 1 unspecified atom stereocenters. The summed E-state index contributed by atoms with van der Waals surface area (Å²) >= 11 is 0. The number of nitrogens with one attached hydrogen (secondary N) is 1. The fourth-order valence-electron chi connectivity index (χ4n) is 2.91. The molecular formula is C12H23N3O2. The fourth-order valence-corrected chi connectivity index (χ4v) is 2.91. The van der Waals surface area contributed by atoms with Crippen LogP contribution in [0, 0.1) is 5.92 Å². The topological polar surface area (TPSA) is 55.8 Å². The third kappa shape index (κ3) is 3.33. The van der Waals surface area contributed by atoms with Crippen molar-refractivity contribution in [3.63, 3.8) is 0 Å². The number of rotatable bonds is 2. The number of carbonyl (C=O) groups is 1. The molecule has 0 spiro atoms. The van der Waals surface area contributed by atoms with Gasteiger partial charge in [-0.05, 0) is 38.8 Å². The average molecular weight is 241 g/mol. The van der Waals surface area contributed by atoms with Crippen molar-refractivity contribution < 1.29 is 9.90 Å². The van der Waals surface area contributed by atoms with Gasteiger partial charge in [0.1, 0.15) is 0 Å². The van der Waals surface area contributed by atoms with Gasteiger partial charge >= 0.3 is 6.09 Å². The maximum absolute atomic E-state index is 11.0. The Hall–Kier alpha value is -0.810. The maximum atomic E-state index is 11.0. The van der Waals surface area contributed by atoms with Gasteiger partial charge in [0.2, 0.25) is 0 Å². The molecule has 2 aliphatic rings. The molecule has 98 valence electrons. The highest BCUT2D eigenvalue weighted by Gasteiger charge is 2.28. The van der Waals surface area contributed by atoms with Gasteiger partial charge in [-0.25, -0.2) is 4.79 Å². The number of amides is 1. The number of nitrogens with zero attached hydrogens (tertiary/aromatic N) is 2. The molecule has 2 N–H and O–H groups in total. The van der Waals surface area contributed by atoms with E-state index in [1.54, 1.807) is 4.90 Å². The summed E-state index contributed by atoms with van der Waals surface area (Å²) in [6, 6.07) is 0.128. The van der Waals surface area contributed by atoms with Crippen molar-refractivity contribution in [2.75, 3.05) is 39.3 Å². The molecule has 2 saturated heterocycles. The van der Waals surface area contributed by atoms with Crippen LogP contribution >= 0.6 is 0 Å². The Kier molecular flexibility index (Phi) is 4.23. The molecule has 0 aromatic carbocycles. The molecule has 5 nitrogen and oxygen atoms in total. The van der Waals surface area contributed by atoms with Gasteiger partial charge in [-0.2, -0.15) is 0 Å². The summed E-state index contributed by atoms with van der Waals surface area (Å²) in [4.78, 5) is 14.9. The number of piperazine rings is 1. The van der Waals surface area contributed by atoms with Crippen LogP contribution in [0.15, 0.2) is 0 Å². The lowest BCUT2D eigenvalue weighted by molar-refractivity contribution is 0.0645. The van der Waals surface area contributed by atoms with E-state index < -0.39 is 6.09 Å². The van der Waals surface area contributed by atoms with Crippen molar-refractivity contribution >= 4 is 6.09 Å². The number of hydrogen-bond acceptors (Lipinski definition) is 3. The molecule has 0 aromatic heterocycles. The molecule has 0 saturated carbocycles. The van der Waals surface area contributed by atoms with E-state index in [0.29, 0.717) is 6.54 Å². The lowest BCUT2D eigenvalue weighted by Crippen LogP contribution is -2.54. The Morgan fingerprint density at radius 1 is 1.35 bits per heavy atom. The lowest BCUT2D eigenvalue weighted by atomic mass is 9.97. The summed E-state index contributed by atoms with van der Waals surface area (Å²) in [6.45, 7) is 7.84. The van der Waals surface area contributed by atoms with Crippen molar-refractivity contribution in [2.24, 2.45) is 5.92 Å². The second-order valence-corrected chi connectivity index (χ2v) is 5.28. The molecule has 0 bridgehead atoms. The second kappa shape index (κ2) is 5.69. The standard InChI is InChI=1S/C12H23N3O2/c1-10-8-14(6-7-15(10)12(16)17)9-11-2-4-13-5-3-11/h10-11,13H,2-9H2,1H3,(H,16,17). The fraction of sp³-hybridized carbons (Fsp3) is 0.917. The zero-order valence-electron chi connectivity index (χ0n) is 10.6. The first-order chi connectivity index (χ1) is 8.16. The zero-order chi connectivity index (χ0) is 12.3. The minimum absolute atomic E-state index is 0.128. The molecule has 0 radical (unpaired) electrons. The average Bonchev–Trinajstić information content (AvgIpc) is 2.30. The van der Waals surface area contributed by atoms with Crippen LogP contribution in [0.5, 0.6) is 0 Å². The third-order valence-corrected chi connectivity index (χ3v) is 3.93. The van der Waals surface area contributed by atoms with Gasteiger partial charge in [0.15, 0.2) is 0 Å². The summed E-state index contributed by atoms with van der Waals surface area (Å²) in [6.07, 6.45) is 1.74. The predicted molar refractivity (Wildman–Crippen MR) is 66.2 cm³/mol. The Morgan fingerprint density at radius 2 is 2.06 bits per heavy atom. The SMILES string of the molecule is CC1CN(CC2CCNCC2)CCN1C(=O)O. The minimum atomic E-state index is -0.779. The predicted octanol–water partition coefficient (Wildman–Crippen LogP) is 0.670. The molecule has 5 heteroatoms. The summed E-state index contributed by atoms with van der Waals surface area (Å²) in [7, 11) is 0. The van der Waals surface area contributed by atoms with E-state index in [9.17, 15) is 4.79 Å². The van der Waals surface area contributed by atoms with Gasteiger partial charge < -0.3 is 15.3 Å². The minimum Gasteiger partial charge on any atom is -0.465 e. The Balaban J connectivity index is 1.78. The number of carboxylic acid groups (broad SMARTS) is 1. The smallest absolute Gasteiger partial charge is 0.407 e. The lowest BCUT2D eigenvalue weighted by Gasteiger charge is -2.40. The van der Waals surface area contributed by atoms with E-state index in [-0.39, 0.29) is 6.04 Å². The first kappa shape index (κ1) is 12.6. The zero-order valence-corrected chi connectivity index (χ0v) is 10.6. The van der Waals surface area contributed by atoms with Crippen molar-refractivity contribution in [3.05, 3.63) is 0 Å².